The first-order valence-electron chi connectivity index (χ1n) is 5.85. The third-order valence-electron chi connectivity index (χ3n) is 2.64. The molecule has 0 aliphatic carbocycles. The molecular weight excluding hydrogens is 342 g/mol. The monoisotopic (exact) mass is 351 g/mol. The molecule has 102 valence electrons. The summed E-state index contributed by atoms with van der Waals surface area (Å²) in [7, 11) is 0. The van der Waals surface area contributed by atoms with Crippen LogP contribution in [-0.2, 0) is 4.79 Å². The largest absolute Gasteiger partial charge is 0.326 e. The molecule has 0 fully saturated rings. The lowest BCUT2D eigenvalue weighted by molar-refractivity contribution is -0.114. The maximum atomic E-state index is 12.3. The Kier molecular flexibility index (Phi) is 4.57. The molecule has 2 rings (SSSR count). The summed E-state index contributed by atoms with van der Waals surface area (Å²) in [6.45, 7) is 1.43. The Morgan fingerprint density at radius 3 is 2.30 bits per heavy atom. The summed E-state index contributed by atoms with van der Waals surface area (Å²) < 4.78 is 0.819. The molecule has 0 aliphatic heterocycles. The maximum absolute atomic E-state index is 12.3. The lowest BCUT2D eigenvalue weighted by Gasteiger charge is -2.06. The van der Waals surface area contributed by atoms with E-state index < -0.39 is 0 Å². The number of benzene rings is 2. The van der Waals surface area contributed by atoms with Gasteiger partial charge in [-0.3, -0.25) is 9.59 Å². The second-order valence-electron chi connectivity index (χ2n) is 4.21. The quantitative estimate of drug-likeness (QED) is 0.838. The Morgan fingerprint density at radius 2 is 1.75 bits per heavy atom. The molecule has 0 radical (unpaired) electrons. The Hall–Kier alpha value is -1.65. The summed E-state index contributed by atoms with van der Waals surface area (Å²) in [5.74, 6) is -0.308. The van der Waals surface area contributed by atoms with Gasteiger partial charge in [0.15, 0.2) is 5.78 Å². The highest BCUT2D eigenvalue weighted by atomic mass is 79.9. The predicted molar refractivity (Wildman–Crippen MR) is 83.3 cm³/mol. The van der Waals surface area contributed by atoms with Crippen molar-refractivity contribution in [3.05, 3.63) is 63.1 Å². The number of rotatable bonds is 3. The third-order valence-corrected chi connectivity index (χ3v) is 3.45. The highest BCUT2D eigenvalue weighted by Crippen LogP contribution is 2.24. The molecule has 1 amide bonds. The number of amides is 1. The zero-order valence-electron chi connectivity index (χ0n) is 10.6. The van der Waals surface area contributed by atoms with Gasteiger partial charge in [-0.1, -0.05) is 27.5 Å². The van der Waals surface area contributed by atoms with E-state index in [2.05, 4.69) is 21.2 Å². The van der Waals surface area contributed by atoms with Crippen molar-refractivity contribution in [3.8, 4) is 0 Å². The second kappa shape index (κ2) is 6.20. The fourth-order valence-corrected chi connectivity index (χ4v) is 2.50. The van der Waals surface area contributed by atoms with Crippen LogP contribution in [0.1, 0.15) is 22.8 Å². The molecule has 3 nitrogen and oxygen atoms in total. The highest BCUT2D eigenvalue weighted by Gasteiger charge is 2.13. The smallest absolute Gasteiger partial charge is 0.221 e. The van der Waals surface area contributed by atoms with Crippen molar-refractivity contribution in [3.63, 3.8) is 0 Å². The van der Waals surface area contributed by atoms with Crippen molar-refractivity contribution in [1.82, 2.24) is 0 Å². The summed E-state index contributed by atoms with van der Waals surface area (Å²) in [6.07, 6.45) is 0. The summed E-state index contributed by atoms with van der Waals surface area (Å²) in [5.41, 5.74) is 1.61. The van der Waals surface area contributed by atoms with Crippen LogP contribution in [-0.4, -0.2) is 11.7 Å². The lowest BCUT2D eigenvalue weighted by Crippen LogP contribution is -2.06. The average Bonchev–Trinajstić information content (AvgIpc) is 2.38. The molecule has 0 unspecified atom stereocenters. The van der Waals surface area contributed by atoms with Gasteiger partial charge in [-0.05, 0) is 42.5 Å². The van der Waals surface area contributed by atoms with Gasteiger partial charge >= 0.3 is 0 Å². The van der Waals surface area contributed by atoms with E-state index in [9.17, 15) is 9.59 Å². The predicted octanol–water partition coefficient (Wildman–Crippen LogP) is 4.29. The highest BCUT2D eigenvalue weighted by molar-refractivity contribution is 9.10. The number of ketones is 1. The van der Waals surface area contributed by atoms with E-state index in [4.69, 9.17) is 11.6 Å². The molecular formula is C15H11BrClNO2. The average molecular weight is 353 g/mol. The Balaban J connectivity index is 2.27. The van der Waals surface area contributed by atoms with Crippen LogP contribution < -0.4 is 5.32 Å². The normalized spacial score (nSPS) is 10.2. The van der Waals surface area contributed by atoms with Crippen LogP contribution in [0.15, 0.2) is 46.9 Å². The number of anilines is 1. The van der Waals surface area contributed by atoms with Crippen LogP contribution in [0.2, 0.25) is 5.02 Å². The van der Waals surface area contributed by atoms with Gasteiger partial charge in [0.05, 0.1) is 5.02 Å². The van der Waals surface area contributed by atoms with Crippen molar-refractivity contribution >= 4 is 44.9 Å². The van der Waals surface area contributed by atoms with Gasteiger partial charge in [-0.2, -0.15) is 0 Å². The summed E-state index contributed by atoms with van der Waals surface area (Å²) in [5, 5.41) is 3.05. The molecule has 5 heteroatoms. The van der Waals surface area contributed by atoms with E-state index in [-0.39, 0.29) is 11.7 Å². The number of hydrogen-bond donors (Lipinski definition) is 1. The Bertz CT molecular complexity index is 668. The first kappa shape index (κ1) is 14.8. The van der Waals surface area contributed by atoms with Gasteiger partial charge < -0.3 is 5.32 Å². The van der Waals surface area contributed by atoms with E-state index in [1.165, 1.54) is 6.92 Å². The van der Waals surface area contributed by atoms with Crippen LogP contribution in [0, 0.1) is 0 Å². The number of nitrogens with one attached hydrogen (secondary N) is 1. The number of halogens is 2. The summed E-state index contributed by atoms with van der Waals surface area (Å²) in [4.78, 5) is 23.3. The van der Waals surface area contributed by atoms with Gasteiger partial charge in [-0.15, -0.1) is 0 Å². The van der Waals surface area contributed by atoms with E-state index >= 15 is 0 Å². The standard InChI is InChI=1S/C15H11BrClNO2/c1-9(19)18-12-5-2-10(3-6-12)15(20)13-7-4-11(16)8-14(13)17/h2-8H,1H3,(H,18,19). The zero-order chi connectivity index (χ0) is 14.7. The molecule has 2 aromatic rings. The molecule has 2 aromatic carbocycles. The van der Waals surface area contributed by atoms with Crippen molar-refractivity contribution in [2.24, 2.45) is 0 Å². The van der Waals surface area contributed by atoms with Crippen LogP contribution in [0.4, 0.5) is 5.69 Å². The van der Waals surface area contributed by atoms with Gasteiger partial charge in [0, 0.05) is 28.2 Å². The SMILES string of the molecule is CC(=O)Nc1ccc(C(=O)c2ccc(Br)cc2Cl)cc1. The van der Waals surface area contributed by atoms with E-state index in [1.54, 1.807) is 42.5 Å². The summed E-state index contributed by atoms with van der Waals surface area (Å²) in [6, 6.07) is 11.8. The Labute approximate surface area is 130 Å². The van der Waals surface area contributed by atoms with Gasteiger partial charge in [0.2, 0.25) is 5.91 Å². The number of carbonyl (C=O) groups excluding carboxylic acids is 2. The van der Waals surface area contributed by atoms with Crippen molar-refractivity contribution < 1.29 is 9.59 Å². The molecule has 0 bridgehead atoms. The Morgan fingerprint density at radius 1 is 1.10 bits per heavy atom. The van der Waals surface area contributed by atoms with E-state index in [0.29, 0.717) is 21.8 Å². The van der Waals surface area contributed by atoms with E-state index in [0.717, 1.165) is 4.47 Å². The van der Waals surface area contributed by atoms with Crippen LogP contribution in [0.5, 0.6) is 0 Å². The minimum absolute atomic E-state index is 0.153. The van der Waals surface area contributed by atoms with Crippen LogP contribution >= 0.6 is 27.5 Å². The second-order valence-corrected chi connectivity index (χ2v) is 5.53. The summed E-state index contributed by atoms with van der Waals surface area (Å²) >= 11 is 9.36. The fraction of sp³-hybridized carbons (Fsp3) is 0.0667. The molecule has 0 spiro atoms. The zero-order valence-corrected chi connectivity index (χ0v) is 13.0. The van der Waals surface area contributed by atoms with Crippen LogP contribution in [0.25, 0.3) is 0 Å². The number of carbonyl (C=O) groups is 2. The molecule has 0 saturated carbocycles. The molecule has 0 aliphatic rings. The van der Waals surface area contributed by atoms with Crippen molar-refractivity contribution in [2.75, 3.05) is 5.32 Å². The first-order valence-corrected chi connectivity index (χ1v) is 7.02. The van der Waals surface area contributed by atoms with E-state index in [1.807, 2.05) is 0 Å². The first-order chi connectivity index (χ1) is 9.47. The minimum atomic E-state index is -0.156. The molecule has 0 aromatic heterocycles. The van der Waals surface area contributed by atoms with Crippen LogP contribution in [0.3, 0.4) is 0 Å². The molecule has 20 heavy (non-hydrogen) atoms. The third kappa shape index (κ3) is 3.46. The lowest BCUT2D eigenvalue weighted by atomic mass is 10.0. The fourth-order valence-electron chi connectivity index (χ4n) is 1.74. The number of hydrogen-bond acceptors (Lipinski definition) is 2. The van der Waals surface area contributed by atoms with Gasteiger partial charge in [0.1, 0.15) is 0 Å². The molecule has 0 saturated heterocycles. The minimum Gasteiger partial charge on any atom is -0.326 e. The van der Waals surface area contributed by atoms with Gasteiger partial charge in [0.25, 0.3) is 0 Å². The molecule has 0 atom stereocenters. The van der Waals surface area contributed by atoms with Crippen molar-refractivity contribution in [1.29, 1.82) is 0 Å². The molecule has 0 heterocycles. The van der Waals surface area contributed by atoms with Gasteiger partial charge in [-0.25, -0.2) is 0 Å². The molecule has 1 N–H and O–H groups in total. The maximum Gasteiger partial charge on any atom is 0.221 e. The topological polar surface area (TPSA) is 46.2 Å². The van der Waals surface area contributed by atoms with Crippen molar-refractivity contribution in [2.45, 2.75) is 6.92 Å².